The minimum atomic E-state index is -0.653. The van der Waals surface area contributed by atoms with Crippen LogP contribution < -0.4 is 0 Å². The molecule has 0 bridgehead atoms. The van der Waals surface area contributed by atoms with Gasteiger partial charge in [0.05, 0.1) is 0 Å². The lowest BCUT2D eigenvalue weighted by Crippen LogP contribution is -1.89. The van der Waals surface area contributed by atoms with E-state index in [1.807, 2.05) is 12.1 Å². The molecular weight excluding hydrogens is 406 g/mol. The normalized spacial score (nSPS) is 13.0. The summed E-state index contributed by atoms with van der Waals surface area (Å²) < 4.78 is 14.5. The summed E-state index contributed by atoms with van der Waals surface area (Å²) in [6.07, 6.45) is 0. The van der Waals surface area contributed by atoms with Crippen molar-refractivity contribution in [3.05, 3.63) is 87.7 Å². The molecule has 3 aromatic carbocycles. The fourth-order valence-electron chi connectivity index (χ4n) is 2.32. The van der Waals surface area contributed by atoms with E-state index in [2.05, 4.69) is 78.0 Å². The second-order valence-electron chi connectivity index (χ2n) is 5.12. The summed E-state index contributed by atoms with van der Waals surface area (Å²) in [5.41, 5.74) is 1.25. The van der Waals surface area contributed by atoms with Crippen molar-refractivity contribution in [2.24, 2.45) is 0 Å². The predicted octanol–water partition coefficient (Wildman–Crippen LogP) is 6.22. The SMILES string of the molecule is Cc1ccc([SH](c2ccc(F)cc2)c2ccc(I)cc2)cc1. The van der Waals surface area contributed by atoms with Crippen LogP contribution >= 0.6 is 33.5 Å². The van der Waals surface area contributed by atoms with Gasteiger partial charge in [0, 0.05) is 3.57 Å². The first-order valence-corrected chi connectivity index (χ1v) is 9.43. The Kier molecular flexibility index (Phi) is 4.84. The van der Waals surface area contributed by atoms with Crippen LogP contribution in [0.5, 0.6) is 0 Å². The zero-order valence-corrected chi connectivity index (χ0v) is 15.2. The quantitative estimate of drug-likeness (QED) is 0.376. The van der Waals surface area contributed by atoms with E-state index in [0.29, 0.717) is 0 Å². The third kappa shape index (κ3) is 3.52. The van der Waals surface area contributed by atoms with E-state index in [9.17, 15) is 4.39 Å². The predicted molar refractivity (Wildman–Crippen MR) is 101 cm³/mol. The summed E-state index contributed by atoms with van der Waals surface area (Å²) in [5, 5.41) is 0. The van der Waals surface area contributed by atoms with Crippen LogP contribution in [-0.4, -0.2) is 0 Å². The molecule has 0 amide bonds. The molecular formula is C19H16FIS. The van der Waals surface area contributed by atoms with Crippen LogP contribution in [0.25, 0.3) is 0 Å². The molecule has 112 valence electrons. The molecule has 0 aliphatic heterocycles. The molecule has 0 saturated heterocycles. The van der Waals surface area contributed by atoms with Crippen LogP contribution in [0.3, 0.4) is 0 Å². The first-order chi connectivity index (χ1) is 10.6. The van der Waals surface area contributed by atoms with E-state index < -0.39 is 10.9 Å². The molecule has 1 unspecified atom stereocenters. The molecule has 3 heteroatoms. The van der Waals surface area contributed by atoms with Crippen LogP contribution in [0.4, 0.5) is 4.39 Å². The van der Waals surface area contributed by atoms with Crippen molar-refractivity contribution in [3.8, 4) is 0 Å². The van der Waals surface area contributed by atoms with Gasteiger partial charge in [0.2, 0.25) is 0 Å². The summed E-state index contributed by atoms with van der Waals surface area (Å²) >= 11 is 2.32. The van der Waals surface area contributed by atoms with Crippen LogP contribution in [0.15, 0.2) is 87.5 Å². The molecule has 0 spiro atoms. The third-order valence-electron chi connectivity index (χ3n) is 3.46. The fraction of sp³-hybridized carbons (Fsp3) is 0.0526. The number of aryl methyl sites for hydroxylation is 1. The van der Waals surface area contributed by atoms with Gasteiger partial charge in [-0.3, -0.25) is 0 Å². The summed E-state index contributed by atoms with van der Waals surface area (Å²) in [6, 6.07) is 24.2. The van der Waals surface area contributed by atoms with E-state index in [1.54, 1.807) is 12.1 Å². The van der Waals surface area contributed by atoms with Crippen molar-refractivity contribution in [2.75, 3.05) is 0 Å². The Labute approximate surface area is 146 Å². The van der Waals surface area contributed by atoms with Gasteiger partial charge in [-0.05, 0) is 105 Å². The molecule has 0 aliphatic rings. The second-order valence-corrected chi connectivity index (χ2v) is 8.59. The number of rotatable bonds is 3. The Balaban J connectivity index is 2.10. The minimum Gasteiger partial charge on any atom is -0.207 e. The Morgan fingerprint density at radius 2 is 1.09 bits per heavy atom. The molecule has 0 fully saturated rings. The Morgan fingerprint density at radius 1 is 0.682 bits per heavy atom. The van der Waals surface area contributed by atoms with E-state index in [4.69, 9.17) is 0 Å². The summed E-state index contributed by atoms with van der Waals surface area (Å²) in [4.78, 5) is 3.74. The van der Waals surface area contributed by atoms with Gasteiger partial charge in [-0.25, -0.2) is 4.39 Å². The average Bonchev–Trinajstić information content (AvgIpc) is 2.53. The van der Waals surface area contributed by atoms with Crippen molar-refractivity contribution in [2.45, 2.75) is 21.6 Å². The number of hydrogen-bond acceptors (Lipinski definition) is 0. The molecule has 0 nitrogen and oxygen atoms in total. The van der Waals surface area contributed by atoms with Crippen LogP contribution in [-0.2, 0) is 0 Å². The number of thiol groups is 1. The Bertz CT molecular complexity index is 641. The third-order valence-corrected chi connectivity index (χ3v) is 6.62. The lowest BCUT2D eigenvalue weighted by molar-refractivity contribution is 0.626. The number of benzene rings is 3. The van der Waals surface area contributed by atoms with E-state index in [0.717, 1.165) is 0 Å². The maximum Gasteiger partial charge on any atom is 0.123 e. The van der Waals surface area contributed by atoms with Gasteiger partial charge < -0.3 is 0 Å². The molecule has 3 aromatic rings. The molecule has 0 N–H and O–H groups in total. The van der Waals surface area contributed by atoms with Crippen molar-refractivity contribution < 1.29 is 4.39 Å². The summed E-state index contributed by atoms with van der Waals surface area (Å²) in [7, 11) is -0.653. The van der Waals surface area contributed by atoms with Crippen molar-refractivity contribution >= 4 is 33.5 Å². The standard InChI is InChI=1S/C19H16FIS/c1-14-2-8-17(9-3-14)22(18-10-4-15(20)5-11-18)19-12-6-16(21)7-13-19/h2-13,22H,1H3. The van der Waals surface area contributed by atoms with Crippen LogP contribution in [0.1, 0.15) is 5.56 Å². The lowest BCUT2D eigenvalue weighted by Gasteiger charge is -2.23. The average molecular weight is 422 g/mol. The summed E-state index contributed by atoms with van der Waals surface area (Å²) in [6.45, 7) is 2.09. The summed E-state index contributed by atoms with van der Waals surface area (Å²) in [5.74, 6) is -0.190. The van der Waals surface area contributed by atoms with Crippen LogP contribution in [0.2, 0.25) is 0 Å². The van der Waals surface area contributed by atoms with E-state index in [-0.39, 0.29) is 5.82 Å². The first kappa shape index (κ1) is 15.6. The fourth-order valence-corrected chi connectivity index (χ4v) is 4.92. The molecule has 0 aliphatic carbocycles. The van der Waals surface area contributed by atoms with Crippen molar-refractivity contribution in [1.82, 2.24) is 0 Å². The van der Waals surface area contributed by atoms with E-state index >= 15 is 0 Å². The highest BCUT2D eigenvalue weighted by atomic mass is 127. The van der Waals surface area contributed by atoms with Gasteiger partial charge >= 0.3 is 0 Å². The number of halogens is 2. The largest absolute Gasteiger partial charge is 0.207 e. The molecule has 3 rings (SSSR count). The highest BCUT2D eigenvalue weighted by molar-refractivity contribution is 14.1. The van der Waals surface area contributed by atoms with Crippen LogP contribution in [0, 0.1) is 16.3 Å². The first-order valence-electron chi connectivity index (χ1n) is 7.01. The van der Waals surface area contributed by atoms with Gasteiger partial charge in [-0.2, -0.15) is 10.9 Å². The zero-order chi connectivity index (χ0) is 15.5. The molecule has 0 aromatic heterocycles. The lowest BCUT2D eigenvalue weighted by atomic mass is 10.2. The highest BCUT2D eigenvalue weighted by Crippen LogP contribution is 2.51. The second kappa shape index (κ2) is 6.84. The Hall–Kier alpha value is -1.33. The highest BCUT2D eigenvalue weighted by Gasteiger charge is 2.12. The van der Waals surface area contributed by atoms with Crippen molar-refractivity contribution in [3.63, 3.8) is 0 Å². The maximum atomic E-state index is 13.3. The van der Waals surface area contributed by atoms with Gasteiger partial charge in [0.15, 0.2) is 0 Å². The van der Waals surface area contributed by atoms with Gasteiger partial charge in [0.1, 0.15) is 5.82 Å². The zero-order valence-electron chi connectivity index (χ0n) is 12.1. The monoisotopic (exact) mass is 422 g/mol. The smallest absolute Gasteiger partial charge is 0.123 e. The minimum absolute atomic E-state index is 0.190. The topological polar surface area (TPSA) is 0 Å². The van der Waals surface area contributed by atoms with E-state index in [1.165, 1.54) is 23.8 Å². The molecule has 0 saturated carbocycles. The van der Waals surface area contributed by atoms with Crippen molar-refractivity contribution in [1.29, 1.82) is 0 Å². The molecule has 0 radical (unpaired) electrons. The molecule has 22 heavy (non-hydrogen) atoms. The molecule has 1 atom stereocenters. The number of hydrogen-bond donors (Lipinski definition) is 1. The van der Waals surface area contributed by atoms with Gasteiger partial charge in [0.25, 0.3) is 0 Å². The molecule has 0 heterocycles. The maximum absolute atomic E-state index is 13.3. The van der Waals surface area contributed by atoms with Gasteiger partial charge in [-0.1, -0.05) is 17.7 Å². The Morgan fingerprint density at radius 3 is 1.59 bits per heavy atom. The van der Waals surface area contributed by atoms with Gasteiger partial charge in [-0.15, -0.1) is 0 Å².